The molecule has 1 aromatic carbocycles. The van der Waals surface area contributed by atoms with Gasteiger partial charge in [-0.3, -0.25) is 0 Å². The topological polar surface area (TPSA) is 29.9 Å². The van der Waals surface area contributed by atoms with Crippen LogP contribution in [0.1, 0.15) is 37.5 Å². The van der Waals surface area contributed by atoms with Crippen LogP contribution in [0.3, 0.4) is 0 Å². The lowest BCUT2D eigenvalue weighted by atomic mass is 10.1. The van der Waals surface area contributed by atoms with Crippen molar-refractivity contribution >= 4 is 27.0 Å². The Bertz CT molecular complexity index is 553. The maximum atomic E-state index is 4.81. The van der Waals surface area contributed by atoms with Crippen molar-refractivity contribution in [2.24, 2.45) is 7.05 Å². The molecule has 0 radical (unpaired) electrons. The van der Waals surface area contributed by atoms with Crippen molar-refractivity contribution in [2.75, 3.05) is 6.54 Å². The fourth-order valence-corrected chi connectivity index (χ4v) is 3.10. The molecule has 2 heterocycles. The number of aromatic nitrogens is 2. The van der Waals surface area contributed by atoms with Crippen molar-refractivity contribution < 1.29 is 0 Å². The molecular formula is C14H18BrN3. The number of nitrogens with one attached hydrogen (secondary N) is 1. The molecule has 18 heavy (non-hydrogen) atoms. The van der Waals surface area contributed by atoms with Gasteiger partial charge >= 0.3 is 0 Å². The highest BCUT2D eigenvalue weighted by molar-refractivity contribution is 9.10. The van der Waals surface area contributed by atoms with Crippen LogP contribution in [0.25, 0.3) is 11.0 Å². The highest BCUT2D eigenvalue weighted by atomic mass is 79.9. The Hall–Kier alpha value is -0.870. The standard InChI is InChI=1S/C14H18BrN3/c1-18-13-7-6-10(15)9-12(13)17-14(18)11-5-3-2-4-8-16-11/h6-7,9,11,16H,2-5,8H2,1H3. The van der Waals surface area contributed by atoms with E-state index in [1.807, 2.05) is 0 Å². The third-order valence-corrected chi connectivity index (χ3v) is 4.24. The first kappa shape index (κ1) is 12.2. The highest BCUT2D eigenvalue weighted by Gasteiger charge is 2.19. The second-order valence-electron chi connectivity index (χ2n) is 5.02. The minimum absolute atomic E-state index is 0.406. The van der Waals surface area contributed by atoms with Crippen molar-refractivity contribution in [1.82, 2.24) is 14.9 Å². The van der Waals surface area contributed by atoms with Crippen LogP contribution in [0, 0.1) is 0 Å². The van der Waals surface area contributed by atoms with Gasteiger partial charge < -0.3 is 9.88 Å². The fraction of sp³-hybridized carbons (Fsp3) is 0.500. The van der Waals surface area contributed by atoms with Crippen molar-refractivity contribution in [3.05, 3.63) is 28.5 Å². The van der Waals surface area contributed by atoms with E-state index < -0.39 is 0 Å². The van der Waals surface area contributed by atoms with Crippen LogP contribution in [-0.4, -0.2) is 16.1 Å². The smallest absolute Gasteiger partial charge is 0.126 e. The molecule has 1 fully saturated rings. The SMILES string of the molecule is Cn1c(C2CCCCCN2)nc2cc(Br)ccc21. The normalized spacial score (nSPS) is 21.1. The molecule has 1 unspecified atom stereocenters. The molecule has 1 aliphatic rings. The summed E-state index contributed by atoms with van der Waals surface area (Å²) in [6, 6.07) is 6.71. The second-order valence-corrected chi connectivity index (χ2v) is 5.93. The molecule has 4 heteroatoms. The number of fused-ring (bicyclic) bond motifs is 1. The first-order chi connectivity index (χ1) is 8.75. The molecule has 0 aliphatic carbocycles. The van der Waals surface area contributed by atoms with E-state index in [0.717, 1.165) is 16.5 Å². The summed E-state index contributed by atoms with van der Waals surface area (Å²) in [6.07, 6.45) is 5.11. The predicted molar refractivity (Wildman–Crippen MR) is 77.6 cm³/mol. The summed E-state index contributed by atoms with van der Waals surface area (Å²) >= 11 is 3.51. The summed E-state index contributed by atoms with van der Waals surface area (Å²) in [4.78, 5) is 4.81. The van der Waals surface area contributed by atoms with Gasteiger partial charge in [-0.2, -0.15) is 0 Å². The van der Waals surface area contributed by atoms with Gasteiger partial charge in [-0.25, -0.2) is 4.98 Å². The average Bonchev–Trinajstić information content (AvgIpc) is 2.57. The van der Waals surface area contributed by atoms with Gasteiger partial charge in [-0.05, 0) is 37.6 Å². The van der Waals surface area contributed by atoms with Gasteiger partial charge in [-0.1, -0.05) is 28.8 Å². The molecule has 0 amide bonds. The quantitative estimate of drug-likeness (QED) is 0.873. The zero-order valence-corrected chi connectivity index (χ0v) is 12.2. The Morgan fingerprint density at radius 2 is 2.22 bits per heavy atom. The molecule has 1 aromatic heterocycles. The number of rotatable bonds is 1. The summed E-state index contributed by atoms with van der Waals surface area (Å²) in [7, 11) is 2.12. The Morgan fingerprint density at radius 3 is 3.11 bits per heavy atom. The monoisotopic (exact) mass is 307 g/mol. The van der Waals surface area contributed by atoms with Gasteiger partial charge in [0.2, 0.25) is 0 Å². The van der Waals surface area contributed by atoms with E-state index in [9.17, 15) is 0 Å². The van der Waals surface area contributed by atoms with Gasteiger partial charge in [0.05, 0.1) is 17.1 Å². The van der Waals surface area contributed by atoms with E-state index >= 15 is 0 Å². The molecule has 1 N–H and O–H groups in total. The minimum atomic E-state index is 0.406. The number of benzene rings is 1. The van der Waals surface area contributed by atoms with Crippen LogP contribution in [0.4, 0.5) is 0 Å². The van der Waals surface area contributed by atoms with Gasteiger partial charge in [-0.15, -0.1) is 0 Å². The Labute approximate surface area is 116 Å². The van der Waals surface area contributed by atoms with E-state index in [1.54, 1.807) is 0 Å². The molecule has 96 valence electrons. The fourth-order valence-electron chi connectivity index (χ4n) is 2.75. The van der Waals surface area contributed by atoms with Gasteiger partial charge in [0, 0.05) is 11.5 Å². The maximum Gasteiger partial charge on any atom is 0.126 e. The van der Waals surface area contributed by atoms with E-state index in [2.05, 4.69) is 51.1 Å². The van der Waals surface area contributed by atoms with Crippen LogP contribution < -0.4 is 5.32 Å². The van der Waals surface area contributed by atoms with Crippen molar-refractivity contribution in [1.29, 1.82) is 0 Å². The summed E-state index contributed by atoms with van der Waals surface area (Å²) in [5, 5.41) is 3.62. The largest absolute Gasteiger partial charge is 0.330 e. The Kier molecular flexibility index (Phi) is 3.39. The van der Waals surface area contributed by atoms with E-state index in [0.29, 0.717) is 6.04 Å². The second kappa shape index (κ2) is 5.02. The number of hydrogen-bond donors (Lipinski definition) is 1. The molecule has 0 bridgehead atoms. The van der Waals surface area contributed by atoms with Crippen LogP contribution in [0.2, 0.25) is 0 Å². The molecule has 1 aliphatic heterocycles. The van der Waals surface area contributed by atoms with E-state index in [1.165, 1.54) is 37.0 Å². The molecule has 3 nitrogen and oxygen atoms in total. The lowest BCUT2D eigenvalue weighted by molar-refractivity contribution is 0.496. The number of nitrogens with zero attached hydrogens (tertiary/aromatic N) is 2. The molecule has 1 atom stereocenters. The first-order valence-electron chi connectivity index (χ1n) is 6.61. The van der Waals surface area contributed by atoms with E-state index in [-0.39, 0.29) is 0 Å². The van der Waals surface area contributed by atoms with Gasteiger partial charge in [0.25, 0.3) is 0 Å². The molecular weight excluding hydrogens is 290 g/mol. The van der Waals surface area contributed by atoms with Gasteiger partial charge in [0.15, 0.2) is 0 Å². The Balaban J connectivity index is 2.02. The van der Waals surface area contributed by atoms with Crippen molar-refractivity contribution in [3.63, 3.8) is 0 Å². The first-order valence-corrected chi connectivity index (χ1v) is 7.40. The minimum Gasteiger partial charge on any atom is -0.330 e. The number of imidazole rings is 1. The number of hydrogen-bond acceptors (Lipinski definition) is 2. The Morgan fingerprint density at radius 1 is 1.33 bits per heavy atom. The van der Waals surface area contributed by atoms with E-state index in [4.69, 9.17) is 4.98 Å². The zero-order valence-electron chi connectivity index (χ0n) is 10.6. The lowest BCUT2D eigenvalue weighted by Gasteiger charge is -2.15. The molecule has 0 saturated carbocycles. The summed E-state index contributed by atoms with van der Waals surface area (Å²) in [5.41, 5.74) is 2.28. The van der Waals surface area contributed by atoms with Crippen LogP contribution in [0.15, 0.2) is 22.7 Å². The highest BCUT2D eigenvalue weighted by Crippen LogP contribution is 2.26. The van der Waals surface area contributed by atoms with Crippen molar-refractivity contribution in [3.8, 4) is 0 Å². The average molecular weight is 308 g/mol. The third kappa shape index (κ3) is 2.19. The summed E-state index contributed by atoms with van der Waals surface area (Å²) in [5.74, 6) is 1.17. The molecule has 0 spiro atoms. The van der Waals surface area contributed by atoms with Crippen LogP contribution >= 0.6 is 15.9 Å². The lowest BCUT2D eigenvalue weighted by Crippen LogP contribution is -2.23. The zero-order chi connectivity index (χ0) is 12.5. The third-order valence-electron chi connectivity index (χ3n) is 3.75. The molecule has 3 rings (SSSR count). The summed E-state index contributed by atoms with van der Waals surface area (Å²) in [6.45, 7) is 1.11. The molecule has 2 aromatic rings. The summed E-state index contributed by atoms with van der Waals surface area (Å²) < 4.78 is 3.32. The van der Waals surface area contributed by atoms with Crippen LogP contribution in [0.5, 0.6) is 0 Å². The maximum absolute atomic E-state index is 4.81. The molecule has 1 saturated heterocycles. The number of aryl methyl sites for hydroxylation is 1. The van der Waals surface area contributed by atoms with Crippen molar-refractivity contribution in [2.45, 2.75) is 31.7 Å². The number of halogens is 1. The van der Waals surface area contributed by atoms with Gasteiger partial charge in [0.1, 0.15) is 5.82 Å². The van der Waals surface area contributed by atoms with Crippen LogP contribution in [-0.2, 0) is 7.05 Å². The predicted octanol–water partition coefficient (Wildman–Crippen LogP) is 3.54.